The molecule has 0 saturated carbocycles. The van der Waals surface area contributed by atoms with Gasteiger partial charge in [-0.3, -0.25) is 4.79 Å². The molecule has 0 aromatic heterocycles. The fraction of sp³-hybridized carbons (Fsp3) is 0.571. The second-order valence-electron chi connectivity index (χ2n) is 2.15. The van der Waals surface area contributed by atoms with Gasteiger partial charge in [0.1, 0.15) is 6.29 Å². The van der Waals surface area contributed by atoms with Gasteiger partial charge in [-0.25, -0.2) is 0 Å². The van der Waals surface area contributed by atoms with Crippen LogP contribution < -0.4 is 0 Å². The monoisotopic (exact) mass is 190 g/mol. The van der Waals surface area contributed by atoms with Gasteiger partial charge >= 0.3 is 8.80 Å². The minimum atomic E-state index is -2.71. The van der Waals surface area contributed by atoms with Crippen LogP contribution in [0.1, 0.15) is 6.92 Å². The largest absolute Gasteiger partial charge is 0.532 e. The van der Waals surface area contributed by atoms with Crippen LogP contribution >= 0.6 is 0 Å². The van der Waals surface area contributed by atoms with Gasteiger partial charge in [-0.1, -0.05) is 0 Å². The second kappa shape index (κ2) is 5.21. The molecular formula is C7H14O4Si. The highest BCUT2D eigenvalue weighted by molar-refractivity contribution is 6.68. The van der Waals surface area contributed by atoms with Crippen molar-refractivity contribution in [3.05, 3.63) is 11.3 Å². The normalized spacial score (nSPS) is 13.2. The van der Waals surface area contributed by atoms with E-state index in [4.69, 9.17) is 13.3 Å². The third-order valence-corrected chi connectivity index (χ3v) is 4.35. The summed E-state index contributed by atoms with van der Waals surface area (Å²) < 4.78 is 15.4. The van der Waals surface area contributed by atoms with Crippen LogP contribution in [0, 0.1) is 0 Å². The van der Waals surface area contributed by atoms with Crippen LogP contribution in [0.25, 0.3) is 0 Å². The lowest BCUT2D eigenvalue weighted by molar-refractivity contribution is -0.104. The summed E-state index contributed by atoms with van der Waals surface area (Å²) >= 11 is 0. The molecule has 0 spiro atoms. The molecule has 5 heteroatoms. The molecule has 0 atom stereocenters. The molecule has 0 fully saturated rings. The highest BCUT2D eigenvalue weighted by Gasteiger charge is 2.40. The summed E-state index contributed by atoms with van der Waals surface area (Å²) in [6.07, 6.45) is 2.08. The summed E-state index contributed by atoms with van der Waals surface area (Å²) in [5, 5.41) is 0.699. The molecule has 0 aromatic rings. The third-order valence-electron chi connectivity index (χ3n) is 1.61. The van der Waals surface area contributed by atoms with Crippen molar-refractivity contribution >= 4 is 15.1 Å². The third kappa shape index (κ3) is 2.24. The van der Waals surface area contributed by atoms with Crippen molar-refractivity contribution in [2.24, 2.45) is 0 Å². The van der Waals surface area contributed by atoms with E-state index in [9.17, 15) is 4.79 Å². The Morgan fingerprint density at radius 1 is 1.17 bits per heavy atom. The average molecular weight is 190 g/mol. The first-order valence-corrected chi connectivity index (χ1v) is 5.17. The molecule has 0 radical (unpaired) electrons. The number of rotatable bonds is 5. The Labute approximate surface area is 73.5 Å². The first kappa shape index (κ1) is 11.5. The number of carbonyl (C=O) groups is 1. The predicted octanol–water partition coefficient (Wildman–Crippen LogP) is 0.549. The fourth-order valence-electron chi connectivity index (χ4n) is 0.937. The molecular weight excluding hydrogens is 176 g/mol. The summed E-state index contributed by atoms with van der Waals surface area (Å²) in [6.45, 7) is 1.75. The van der Waals surface area contributed by atoms with Gasteiger partial charge in [0.15, 0.2) is 0 Å². The molecule has 0 N–H and O–H groups in total. The van der Waals surface area contributed by atoms with Crippen molar-refractivity contribution in [1.82, 2.24) is 0 Å². The van der Waals surface area contributed by atoms with Crippen LogP contribution in [0.4, 0.5) is 0 Å². The van der Waals surface area contributed by atoms with E-state index in [0.29, 0.717) is 11.5 Å². The van der Waals surface area contributed by atoms with Gasteiger partial charge in [-0.2, -0.15) is 0 Å². The molecule has 70 valence electrons. The molecule has 0 heterocycles. The van der Waals surface area contributed by atoms with Crippen molar-refractivity contribution < 1.29 is 18.1 Å². The molecule has 0 amide bonds. The Hall–Kier alpha value is -0.493. The van der Waals surface area contributed by atoms with Crippen LogP contribution in [0.2, 0.25) is 0 Å². The van der Waals surface area contributed by atoms with Crippen LogP contribution in [0.5, 0.6) is 0 Å². The molecule has 0 aliphatic heterocycles. The topological polar surface area (TPSA) is 44.8 Å². The van der Waals surface area contributed by atoms with E-state index in [1.807, 2.05) is 0 Å². The van der Waals surface area contributed by atoms with Crippen molar-refractivity contribution in [2.75, 3.05) is 21.3 Å². The zero-order valence-corrected chi connectivity index (χ0v) is 8.79. The quantitative estimate of drug-likeness (QED) is 0.361. The number of aldehydes is 1. The minimum Gasteiger partial charge on any atom is -0.374 e. The number of carbonyl (C=O) groups excluding carboxylic acids is 1. The maximum Gasteiger partial charge on any atom is 0.532 e. The van der Waals surface area contributed by atoms with Crippen molar-refractivity contribution in [3.8, 4) is 0 Å². The Kier molecular flexibility index (Phi) is 4.99. The van der Waals surface area contributed by atoms with E-state index < -0.39 is 8.80 Å². The molecule has 0 aliphatic carbocycles. The Morgan fingerprint density at radius 3 is 1.83 bits per heavy atom. The second-order valence-corrected chi connectivity index (χ2v) is 5.28. The highest BCUT2D eigenvalue weighted by Crippen LogP contribution is 2.15. The van der Waals surface area contributed by atoms with E-state index >= 15 is 0 Å². The molecule has 0 aliphatic rings. The van der Waals surface area contributed by atoms with E-state index in [-0.39, 0.29) is 0 Å². The van der Waals surface area contributed by atoms with Crippen LogP contribution in [0.3, 0.4) is 0 Å². The van der Waals surface area contributed by atoms with Gasteiger partial charge in [0.25, 0.3) is 0 Å². The number of hydrogen-bond acceptors (Lipinski definition) is 4. The summed E-state index contributed by atoms with van der Waals surface area (Å²) in [6, 6.07) is 0. The molecule has 12 heavy (non-hydrogen) atoms. The first-order chi connectivity index (χ1) is 5.66. The van der Waals surface area contributed by atoms with Crippen molar-refractivity contribution in [3.63, 3.8) is 0 Å². The van der Waals surface area contributed by atoms with E-state index in [1.54, 1.807) is 6.92 Å². The predicted molar refractivity (Wildman–Crippen MR) is 46.6 cm³/mol. The molecule has 0 unspecified atom stereocenters. The summed E-state index contributed by atoms with van der Waals surface area (Å²) in [4.78, 5) is 10.2. The van der Waals surface area contributed by atoms with Crippen LogP contribution in [-0.4, -0.2) is 36.4 Å². The van der Waals surface area contributed by atoms with Gasteiger partial charge in [0.2, 0.25) is 0 Å². The van der Waals surface area contributed by atoms with Gasteiger partial charge in [-0.05, 0) is 13.0 Å². The molecule has 0 bridgehead atoms. The van der Waals surface area contributed by atoms with Crippen molar-refractivity contribution in [1.29, 1.82) is 0 Å². The van der Waals surface area contributed by atoms with Gasteiger partial charge in [0, 0.05) is 26.5 Å². The maximum atomic E-state index is 10.2. The van der Waals surface area contributed by atoms with E-state index in [2.05, 4.69) is 0 Å². The lowest BCUT2D eigenvalue weighted by Crippen LogP contribution is -2.44. The standard InChI is InChI=1S/C7H14O4Si/c1-7(5-6-8)12(9-2,10-3)11-4/h5-6H,1-4H3. The lowest BCUT2D eigenvalue weighted by Gasteiger charge is -2.24. The first-order valence-electron chi connectivity index (χ1n) is 3.44. The van der Waals surface area contributed by atoms with Gasteiger partial charge in [-0.15, -0.1) is 0 Å². The smallest absolute Gasteiger partial charge is 0.374 e. The van der Waals surface area contributed by atoms with Crippen LogP contribution in [0.15, 0.2) is 11.3 Å². The van der Waals surface area contributed by atoms with Gasteiger partial charge < -0.3 is 13.3 Å². The number of hydrogen-bond donors (Lipinski definition) is 0. The fourth-order valence-corrected chi connectivity index (χ4v) is 2.68. The molecule has 4 nitrogen and oxygen atoms in total. The minimum absolute atomic E-state index is 0.689. The van der Waals surface area contributed by atoms with Gasteiger partial charge in [0.05, 0.1) is 0 Å². The Balaban J connectivity index is 4.69. The summed E-state index contributed by atoms with van der Waals surface area (Å²) in [5.74, 6) is 0. The highest BCUT2D eigenvalue weighted by atomic mass is 28.4. The summed E-state index contributed by atoms with van der Waals surface area (Å²) in [7, 11) is 1.79. The SMILES string of the molecule is CO[Si](OC)(OC)C(C)=CC=O. The maximum absolute atomic E-state index is 10.2. The molecule has 0 rings (SSSR count). The van der Waals surface area contributed by atoms with Crippen molar-refractivity contribution in [2.45, 2.75) is 6.92 Å². The molecule has 0 aromatic carbocycles. The lowest BCUT2D eigenvalue weighted by atomic mass is 10.6. The Morgan fingerprint density at radius 2 is 1.58 bits per heavy atom. The zero-order valence-electron chi connectivity index (χ0n) is 7.79. The zero-order chi connectivity index (χ0) is 9.61. The van der Waals surface area contributed by atoms with E-state index in [1.165, 1.54) is 27.4 Å². The van der Waals surface area contributed by atoms with Crippen LogP contribution in [-0.2, 0) is 18.1 Å². The van der Waals surface area contributed by atoms with E-state index in [0.717, 1.165) is 0 Å². The molecule has 0 saturated heterocycles. The average Bonchev–Trinajstić information content (AvgIpc) is 2.09. The Bertz CT molecular complexity index is 166. The summed E-state index contributed by atoms with van der Waals surface area (Å²) in [5.41, 5.74) is 0. The number of allylic oxidation sites excluding steroid dienone is 2.